The molecule has 2 aromatic carbocycles. The highest BCUT2D eigenvalue weighted by molar-refractivity contribution is 7.86. The maximum atomic E-state index is 12.8. The first-order chi connectivity index (χ1) is 12.4. The van der Waals surface area contributed by atoms with Crippen molar-refractivity contribution in [3.63, 3.8) is 0 Å². The zero-order valence-electron chi connectivity index (χ0n) is 15.2. The van der Waals surface area contributed by atoms with Crippen LogP contribution >= 0.6 is 0 Å². The number of hydrogen-bond donors (Lipinski definition) is 0. The van der Waals surface area contributed by atoms with Crippen molar-refractivity contribution >= 4 is 10.1 Å². The fourth-order valence-electron chi connectivity index (χ4n) is 3.56. The molecule has 0 saturated heterocycles. The van der Waals surface area contributed by atoms with Crippen molar-refractivity contribution in [3.05, 3.63) is 65.7 Å². The zero-order chi connectivity index (χ0) is 18.6. The molecule has 0 bridgehead atoms. The SMILES string of the molecule is CC#CC1(OS(=O)(=O)c2ccc(C)cc2)CCC(c2ccccc2)CC1. The molecule has 1 aliphatic carbocycles. The molecule has 3 nitrogen and oxygen atoms in total. The van der Waals surface area contributed by atoms with Gasteiger partial charge in [-0.05, 0) is 63.1 Å². The summed E-state index contributed by atoms with van der Waals surface area (Å²) >= 11 is 0. The van der Waals surface area contributed by atoms with E-state index in [4.69, 9.17) is 4.18 Å². The summed E-state index contributed by atoms with van der Waals surface area (Å²) in [5.41, 5.74) is 1.38. The zero-order valence-corrected chi connectivity index (χ0v) is 16.1. The molecule has 0 amide bonds. The van der Waals surface area contributed by atoms with Gasteiger partial charge in [-0.1, -0.05) is 53.9 Å². The van der Waals surface area contributed by atoms with Gasteiger partial charge in [0.15, 0.2) is 0 Å². The average molecular weight is 368 g/mol. The standard InChI is InChI=1S/C22H24O3S/c1-3-15-22(25-26(23,24)21-11-9-18(2)10-12-21)16-13-20(14-17-22)19-7-5-4-6-8-19/h4-12,20H,13-14,16-17H2,1-2H3. The summed E-state index contributed by atoms with van der Waals surface area (Å²) in [6.07, 6.45) is 2.95. The summed E-state index contributed by atoms with van der Waals surface area (Å²) in [5.74, 6) is 6.36. The molecule has 136 valence electrons. The van der Waals surface area contributed by atoms with Crippen LogP contribution < -0.4 is 0 Å². The highest BCUT2D eigenvalue weighted by atomic mass is 32.2. The summed E-state index contributed by atoms with van der Waals surface area (Å²) in [6.45, 7) is 3.65. The van der Waals surface area contributed by atoms with Crippen LogP contribution in [0.5, 0.6) is 0 Å². The Kier molecular flexibility index (Phi) is 5.50. The fourth-order valence-corrected chi connectivity index (χ4v) is 4.76. The molecular weight excluding hydrogens is 344 g/mol. The molecular formula is C22H24O3S. The van der Waals surface area contributed by atoms with Crippen molar-refractivity contribution in [2.45, 2.75) is 55.9 Å². The highest BCUT2D eigenvalue weighted by Gasteiger charge is 2.39. The fraction of sp³-hybridized carbons (Fsp3) is 0.364. The van der Waals surface area contributed by atoms with Crippen LogP contribution in [0.1, 0.15) is 49.7 Å². The molecule has 1 aliphatic rings. The van der Waals surface area contributed by atoms with Gasteiger partial charge in [-0.25, -0.2) is 4.18 Å². The van der Waals surface area contributed by atoms with Crippen LogP contribution in [0.25, 0.3) is 0 Å². The number of rotatable bonds is 4. The molecule has 0 heterocycles. The Labute approximate surface area is 156 Å². The van der Waals surface area contributed by atoms with Crippen molar-refractivity contribution in [2.75, 3.05) is 0 Å². The summed E-state index contributed by atoms with van der Waals surface area (Å²) < 4.78 is 31.2. The summed E-state index contributed by atoms with van der Waals surface area (Å²) in [4.78, 5) is 0.186. The summed E-state index contributed by atoms with van der Waals surface area (Å²) in [5, 5.41) is 0. The van der Waals surface area contributed by atoms with Crippen LogP contribution in [0.2, 0.25) is 0 Å². The second-order valence-electron chi connectivity index (χ2n) is 6.90. The van der Waals surface area contributed by atoms with Crippen LogP contribution in [-0.4, -0.2) is 14.0 Å². The van der Waals surface area contributed by atoms with Gasteiger partial charge in [-0.15, -0.1) is 5.92 Å². The van der Waals surface area contributed by atoms with E-state index in [1.54, 1.807) is 31.2 Å². The maximum Gasteiger partial charge on any atom is 0.298 e. The van der Waals surface area contributed by atoms with E-state index in [-0.39, 0.29) is 4.90 Å². The third kappa shape index (κ3) is 4.17. The smallest absolute Gasteiger partial charge is 0.247 e. The second-order valence-corrected chi connectivity index (χ2v) is 8.45. The van der Waals surface area contributed by atoms with Crippen LogP contribution in [0.15, 0.2) is 59.5 Å². The molecule has 26 heavy (non-hydrogen) atoms. The van der Waals surface area contributed by atoms with Crippen molar-refractivity contribution in [1.29, 1.82) is 0 Å². The lowest BCUT2D eigenvalue weighted by atomic mass is 9.76. The molecule has 0 N–H and O–H groups in total. The lowest BCUT2D eigenvalue weighted by Crippen LogP contribution is -2.37. The molecule has 0 atom stereocenters. The number of hydrogen-bond acceptors (Lipinski definition) is 3. The van der Waals surface area contributed by atoms with Gasteiger partial charge in [0.05, 0.1) is 4.90 Å². The van der Waals surface area contributed by atoms with E-state index >= 15 is 0 Å². The molecule has 0 spiro atoms. The lowest BCUT2D eigenvalue weighted by molar-refractivity contribution is 0.0874. The minimum Gasteiger partial charge on any atom is -0.247 e. The summed E-state index contributed by atoms with van der Waals surface area (Å²) in [6, 6.07) is 17.1. The minimum atomic E-state index is -3.84. The third-order valence-electron chi connectivity index (χ3n) is 5.00. The van der Waals surface area contributed by atoms with Gasteiger partial charge in [0.1, 0.15) is 5.60 Å². The van der Waals surface area contributed by atoms with Crippen LogP contribution in [-0.2, 0) is 14.3 Å². The molecule has 2 aromatic rings. The quantitative estimate of drug-likeness (QED) is 0.574. The first-order valence-electron chi connectivity index (χ1n) is 8.95. The Morgan fingerprint density at radius 1 is 1.00 bits per heavy atom. The predicted molar refractivity (Wildman–Crippen MR) is 103 cm³/mol. The van der Waals surface area contributed by atoms with E-state index in [1.165, 1.54) is 5.56 Å². The first kappa shape index (κ1) is 18.7. The molecule has 0 unspecified atom stereocenters. The Bertz CT molecular complexity index is 895. The highest BCUT2D eigenvalue weighted by Crippen LogP contribution is 2.41. The van der Waals surface area contributed by atoms with E-state index in [1.807, 2.05) is 25.1 Å². The molecule has 0 aromatic heterocycles. The average Bonchev–Trinajstić information content (AvgIpc) is 2.63. The van der Waals surface area contributed by atoms with Gasteiger partial charge in [-0.2, -0.15) is 8.42 Å². The molecule has 1 fully saturated rings. The number of aryl methyl sites for hydroxylation is 1. The Morgan fingerprint density at radius 3 is 2.19 bits per heavy atom. The van der Waals surface area contributed by atoms with Crippen LogP contribution in [0, 0.1) is 18.8 Å². The maximum absolute atomic E-state index is 12.8. The predicted octanol–water partition coefficient (Wildman–Crippen LogP) is 4.82. The van der Waals surface area contributed by atoms with Crippen molar-refractivity contribution in [2.24, 2.45) is 0 Å². The minimum absolute atomic E-state index is 0.186. The Morgan fingerprint density at radius 2 is 1.62 bits per heavy atom. The third-order valence-corrected chi connectivity index (χ3v) is 6.38. The van der Waals surface area contributed by atoms with E-state index in [2.05, 4.69) is 24.0 Å². The Hall–Kier alpha value is -2.09. The van der Waals surface area contributed by atoms with Gasteiger partial charge < -0.3 is 0 Å². The van der Waals surface area contributed by atoms with Crippen molar-refractivity contribution in [3.8, 4) is 11.8 Å². The second kappa shape index (κ2) is 7.65. The van der Waals surface area contributed by atoms with E-state index in [0.29, 0.717) is 18.8 Å². The Balaban J connectivity index is 1.79. The summed E-state index contributed by atoms with van der Waals surface area (Å²) in [7, 11) is -3.84. The van der Waals surface area contributed by atoms with Gasteiger partial charge >= 0.3 is 0 Å². The topological polar surface area (TPSA) is 43.4 Å². The van der Waals surface area contributed by atoms with Crippen LogP contribution in [0.3, 0.4) is 0 Å². The van der Waals surface area contributed by atoms with Crippen molar-refractivity contribution in [1.82, 2.24) is 0 Å². The van der Waals surface area contributed by atoms with Gasteiger partial charge in [0.25, 0.3) is 10.1 Å². The van der Waals surface area contributed by atoms with Crippen molar-refractivity contribution < 1.29 is 12.6 Å². The van der Waals surface area contributed by atoms with Gasteiger partial charge in [0, 0.05) is 0 Å². The normalized spacial score (nSPS) is 23.1. The number of benzene rings is 2. The molecule has 0 aliphatic heterocycles. The molecule has 3 rings (SSSR count). The molecule has 0 radical (unpaired) electrons. The first-order valence-corrected chi connectivity index (χ1v) is 10.4. The van der Waals surface area contributed by atoms with E-state index < -0.39 is 15.7 Å². The van der Waals surface area contributed by atoms with Gasteiger partial charge in [-0.3, -0.25) is 0 Å². The monoisotopic (exact) mass is 368 g/mol. The van der Waals surface area contributed by atoms with E-state index in [0.717, 1.165) is 18.4 Å². The lowest BCUT2D eigenvalue weighted by Gasteiger charge is -2.35. The molecule has 4 heteroatoms. The van der Waals surface area contributed by atoms with Gasteiger partial charge in [0.2, 0.25) is 0 Å². The van der Waals surface area contributed by atoms with Crippen LogP contribution in [0.4, 0.5) is 0 Å². The van der Waals surface area contributed by atoms with E-state index in [9.17, 15) is 8.42 Å². The molecule has 1 saturated carbocycles. The largest absolute Gasteiger partial charge is 0.298 e.